The first-order valence-electron chi connectivity index (χ1n) is 5.18. The smallest absolute Gasteiger partial charge is 0.116 e. The first-order valence-corrected chi connectivity index (χ1v) is 6.06. The molecule has 2 nitrogen and oxygen atoms in total. The molecule has 2 rings (SSSR count). The van der Waals surface area contributed by atoms with Crippen molar-refractivity contribution in [1.82, 2.24) is 0 Å². The Kier molecular flexibility index (Phi) is 4.57. The first-order chi connectivity index (χ1) is 7.59. The van der Waals surface area contributed by atoms with Gasteiger partial charge in [-0.3, -0.25) is 0 Å². The van der Waals surface area contributed by atoms with Crippen LogP contribution in [0, 0.1) is 13.8 Å². The average molecular weight is 270 g/mol. The largest absolute Gasteiger partial charge is 0.508 e. The Morgan fingerprint density at radius 1 is 1.24 bits per heavy atom. The van der Waals surface area contributed by atoms with Crippen LogP contribution in [0.5, 0.6) is 5.75 Å². The SMILES string of the molecule is Cc1cc(O)cc(C)c1[C@H](N)c1cccs1.Cl. The number of rotatable bonds is 2. The van der Waals surface area contributed by atoms with E-state index >= 15 is 0 Å². The van der Waals surface area contributed by atoms with E-state index in [1.165, 1.54) is 0 Å². The van der Waals surface area contributed by atoms with Crippen LogP contribution in [0.25, 0.3) is 0 Å². The van der Waals surface area contributed by atoms with E-state index in [1.54, 1.807) is 23.5 Å². The number of benzene rings is 1. The summed E-state index contributed by atoms with van der Waals surface area (Å²) in [6.45, 7) is 3.96. The molecule has 1 atom stereocenters. The summed E-state index contributed by atoms with van der Waals surface area (Å²) >= 11 is 1.66. The van der Waals surface area contributed by atoms with Crippen LogP contribution in [0.4, 0.5) is 0 Å². The van der Waals surface area contributed by atoms with E-state index < -0.39 is 0 Å². The fourth-order valence-electron chi connectivity index (χ4n) is 2.05. The van der Waals surface area contributed by atoms with Gasteiger partial charge in [0, 0.05) is 4.88 Å². The molecule has 1 aromatic carbocycles. The Morgan fingerprint density at radius 3 is 2.29 bits per heavy atom. The fraction of sp³-hybridized carbons (Fsp3) is 0.231. The second kappa shape index (κ2) is 5.54. The Balaban J connectivity index is 0.00000144. The number of thiophene rings is 1. The lowest BCUT2D eigenvalue weighted by molar-refractivity contribution is 0.474. The van der Waals surface area contributed by atoms with Gasteiger partial charge in [0.1, 0.15) is 5.75 Å². The third kappa shape index (κ3) is 2.80. The third-order valence-corrected chi connectivity index (χ3v) is 3.69. The summed E-state index contributed by atoms with van der Waals surface area (Å²) in [6.07, 6.45) is 0. The molecular weight excluding hydrogens is 254 g/mol. The minimum absolute atomic E-state index is 0. The van der Waals surface area contributed by atoms with Crippen molar-refractivity contribution >= 4 is 23.7 Å². The van der Waals surface area contributed by atoms with Crippen molar-refractivity contribution in [3.63, 3.8) is 0 Å². The van der Waals surface area contributed by atoms with Gasteiger partial charge >= 0.3 is 0 Å². The Labute approximate surface area is 112 Å². The molecule has 0 aliphatic heterocycles. The Bertz CT molecular complexity index is 473. The lowest BCUT2D eigenvalue weighted by atomic mass is 9.95. The number of aromatic hydroxyl groups is 1. The summed E-state index contributed by atoms with van der Waals surface area (Å²) in [4.78, 5) is 1.15. The number of phenols is 1. The molecule has 3 N–H and O–H groups in total. The van der Waals surface area contributed by atoms with Crippen LogP contribution < -0.4 is 5.73 Å². The van der Waals surface area contributed by atoms with E-state index in [0.29, 0.717) is 5.75 Å². The number of aryl methyl sites for hydroxylation is 2. The van der Waals surface area contributed by atoms with Crippen molar-refractivity contribution in [2.75, 3.05) is 0 Å². The molecule has 0 unspecified atom stereocenters. The molecule has 0 bridgehead atoms. The first kappa shape index (κ1) is 14.0. The molecular formula is C13H16ClNOS. The van der Waals surface area contributed by atoms with Gasteiger partial charge in [-0.1, -0.05) is 6.07 Å². The van der Waals surface area contributed by atoms with Gasteiger partial charge in [0.25, 0.3) is 0 Å². The van der Waals surface area contributed by atoms with Gasteiger partial charge in [0.2, 0.25) is 0 Å². The number of hydrogen-bond acceptors (Lipinski definition) is 3. The molecule has 0 amide bonds. The van der Waals surface area contributed by atoms with Gasteiger partial charge in [0.05, 0.1) is 6.04 Å². The highest BCUT2D eigenvalue weighted by Crippen LogP contribution is 2.30. The number of phenolic OH excluding ortho intramolecular Hbond substituents is 1. The number of nitrogens with two attached hydrogens (primary N) is 1. The highest BCUT2D eigenvalue weighted by molar-refractivity contribution is 7.10. The average Bonchev–Trinajstić information content (AvgIpc) is 2.67. The van der Waals surface area contributed by atoms with Gasteiger partial charge in [-0.25, -0.2) is 0 Å². The van der Waals surface area contributed by atoms with Crippen LogP contribution in [0.2, 0.25) is 0 Å². The highest BCUT2D eigenvalue weighted by atomic mass is 35.5. The molecule has 4 heteroatoms. The third-order valence-electron chi connectivity index (χ3n) is 2.74. The zero-order valence-corrected chi connectivity index (χ0v) is 11.4. The molecule has 0 aliphatic carbocycles. The molecule has 1 heterocycles. The summed E-state index contributed by atoms with van der Waals surface area (Å²) < 4.78 is 0. The van der Waals surface area contributed by atoms with Crippen LogP contribution in [0.3, 0.4) is 0 Å². The van der Waals surface area contributed by atoms with Gasteiger partial charge < -0.3 is 10.8 Å². The van der Waals surface area contributed by atoms with Crippen LogP contribution in [0.1, 0.15) is 27.6 Å². The van der Waals surface area contributed by atoms with Gasteiger partial charge in [-0.2, -0.15) is 0 Å². The summed E-state index contributed by atoms with van der Waals surface area (Å²) in [6, 6.07) is 7.47. The van der Waals surface area contributed by atoms with Crippen molar-refractivity contribution in [2.24, 2.45) is 5.73 Å². The van der Waals surface area contributed by atoms with Crippen molar-refractivity contribution < 1.29 is 5.11 Å². The lowest BCUT2D eigenvalue weighted by Gasteiger charge is -2.16. The van der Waals surface area contributed by atoms with Crippen molar-refractivity contribution in [1.29, 1.82) is 0 Å². The van der Waals surface area contributed by atoms with E-state index in [4.69, 9.17) is 5.73 Å². The van der Waals surface area contributed by atoms with Crippen LogP contribution >= 0.6 is 23.7 Å². The van der Waals surface area contributed by atoms with E-state index in [0.717, 1.165) is 21.6 Å². The van der Waals surface area contributed by atoms with Gasteiger partial charge in [0.15, 0.2) is 0 Å². The fourth-order valence-corrected chi connectivity index (χ4v) is 2.79. The predicted octanol–water partition coefficient (Wildman–Crippen LogP) is 3.54. The molecule has 0 spiro atoms. The van der Waals surface area contributed by atoms with E-state index in [-0.39, 0.29) is 18.4 Å². The number of hydrogen-bond donors (Lipinski definition) is 2. The monoisotopic (exact) mass is 269 g/mol. The molecule has 0 aliphatic rings. The Morgan fingerprint density at radius 2 is 1.82 bits per heavy atom. The second-order valence-electron chi connectivity index (χ2n) is 3.99. The summed E-state index contributed by atoms with van der Waals surface area (Å²) in [7, 11) is 0. The maximum atomic E-state index is 9.49. The van der Waals surface area contributed by atoms with Crippen LogP contribution in [0.15, 0.2) is 29.6 Å². The predicted molar refractivity (Wildman–Crippen MR) is 75.2 cm³/mol. The molecule has 0 radical (unpaired) electrons. The van der Waals surface area contributed by atoms with Crippen molar-refractivity contribution in [3.05, 3.63) is 51.2 Å². The summed E-state index contributed by atoms with van der Waals surface area (Å²) in [5, 5.41) is 11.5. The Hall–Kier alpha value is -1.03. The molecule has 17 heavy (non-hydrogen) atoms. The van der Waals surface area contributed by atoms with Crippen LogP contribution in [-0.4, -0.2) is 5.11 Å². The van der Waals surface area contributed by atoms with E-state index in [1.807, 2.05) is 31.4 Å². The topological polar surface area (TPSA) is 46.2 Å². The minimum atomic E-state index is -0.0967. The van der Waals surface area contributed by atoms with Crippen LogP contribution in [-0.2, 0) is 0 Å². The highest BCUT2D eigenvalue weighted by Gasteiger charge is 2.15. The van der Waals surface area contributed by atoms with Crippen molar-refractivity contribution in [2.45, 2.75) is 19.9 Å². The quantitative estimate of drug-likeness (QED) is 0.876. The zero-order chi connectivity index (χ0) is 11.7. The van der Waals surface area contributed by atoms with E-state index in [2.05, 4.69) is 0 Å². The van der Waals surface area contributed by atoms with Gasteiger partial charge in [-0.15, -0.1) is 23.7 Å². The molecule has 0 fully saturated rings. The zero-order valence-electron chi connectivity index (χ0n) is 9.81. The second-order valence-corrected chi connectivity index (χ2v) is 4.97. The van der Waals surface area contributed by atoms with E-state index in [9.17, 15) is 5.11 Å². The molecule has 0 saturated heterocycles. The molecule has 1 aromatic heterocycles. The maximum absolute atomic E-state index is 9.49. The minimum Gasteiger partial charge on any atom is -0.508 e. The lowest BCUT2D eigenvalue weighted by Crippen LogP contribution is -2.13. The standard InChI is InChI=1S/C13H15NOS.ClH/c1-8-6-10(15)7-9(2)12(8)13(14)11-4-3-5-16-11;/h3-7,13,15H,14H2,1-2H3;1H/t13-;/m1./s1. The summed E-state index contributed by atoms with van der Waals surface area (Å²) in [5.41, 5.74) is 9.43. The molecule has 92 valence electrons. The number of halogens is 1. The van der Waals surface area contributed by atoms with Crippen molar-refractivity contribution in [3.8, 4) is 5.75 Å². The molecule has 2 aromatic rings. The van der Waals surface area contributed by atoms with Gasteiger partial charge in [-0.05, 0) is 54.1 Å². The molecule has 0 saturated carbocycles. The summed E-state index contributed by atoms with van der Waals surface area (Å²) in [5.74, 6) is 0.303. The maximum Gasteiger partial charge on any atom is 0.116 e. The normalized spacial score (nSPS) is 11.9.